The third kappa shape index (κ3) is 5.00. The largest absolute Gasteiger partial charge is 0.481 e. The summed E-state index contributed by atoms with van der Waals surface area (Å²) < 4.78 is 10.4. The Labute approximate surface area is 133 Å². The van der Waals surface area contributed by atoms with Crippen molar-refractivity contribution in [3.8, 4) is 11.6 Å². The Kier molecular flexibility index (Phi) is 6.69. The summed E-state index contributed by atoms with van der Waals surface area (Å²) in [5, 5.41) is 0. The van der Waals surface area contributed by atoms with Crippen LogP contribution in [0.3, 0.4) is 0 Å². The van der Waals surface area contributed by atoms with Gasteiger partial charge in [-0.1, -0.05) is 32.6 Å². The summed E-state index contributed by atoms with van der Waals surface area (Å²) in [6.45, 7) is 2.24. The Morgan fingerprint density at radius 3 is 2.59 bits per heavy atom. The molecule has 0 saturated heterocycles. The average molecular weight is 305 g/mol. The summed E-state index contributed by atoms with van der Waals surface area (Å²) in [7, 11) is 1.56. The number of aromatic nitrogens is 1. The van der Waals surface area contributed by atoms with Crippen molar-refractivity contribution in [3.63, 3.8) is 0 Å². The van der Waals surface area contributed by atoms with E-state index in [9.17, 15) is 4.79 Å². The van der Waals surface area contributed by atoms with Crippen molar-refractivity contribution in [2.75, 3.05) is 7.11 Å². The van der Waals surface area contributed by atoms with E-state index in [0.29, 0.717) is 11.6 Å². The van der Waals surface area contributed by atoms with Gasteiger partial charge >= 0.3 is 5.97 Å². The van der Waals surface area contributed by atoms with Crippen LogP contribution in [0.5, 0.6) is 11.6 Å². The van der Waals surface area contributed by atoms with Crippen LogP contribution in [-0.2, 0) is 4.79 Å². The summed E-state index contributed by atoms with van der Waals surface area (Å²) in [6, 6.07) is 3.42. The molecule has 122 valence electrons. The molecular formula is C18H27NO3. The molecule has 1 aliphatic rings. The average Bonchev–Trinajstić information content (AvgIpc) is 2.56. The highest BCUT2D eigenvalue weighted by atomic mass is 16.5. The van der Waals surface area contributed by atoms with E-state index < -0.39 is 0 Å². The lowest BCUT2D eigenvalue weighted by Crippen LogP contribution is -2.25. The Bertz CT molecular complexity index is 450. The predicted octanol–water partition coefficient (Wildman–Crippen LogP) is 4.38. The molecule has 0 radical (unpaired) electrons. The van der Waals surface area contributed by atoms with Crippen LogP contribution in [0.1, 0.15) is 58.3 Å². The number of methoxy groups -OCH3 is 1. The predicted molar refractivity (Wildman–Crippen MR) is 86.0 cm³/mol. The fourth-order valence-electron chi connectivity index (χ4n) is 3.12. The first-order valence-electron chi connectivity index (χ1n) is 8.44. The lowest BCUT2D eigenvalue weighted by Gasteiger charge is -2.27. The van der Waals surface area contributed by atoms with Crippen LogP contribution in [0.4, 0.5) is 0 Å². The maximum Gasteiger partial charge on any atom is 0.314 e. The second kappa shape index (κ2) is 8.76. The SMILES string of the molecule is CCCCCC1CCC(C(=O)Oc2ccc(OC)nc2)CC1. The zero-order valence-corrected chi connectivity index (χ0v) is 13.7. The summed E-state index contributed by atoms with van der Waals surface area (Å²) in [5.74, 6) is 1.75. The standard InChI is InChI=1S/C18H27NO3/c1-3-4-5-6-14-7-9-15(10-8-14)18(20)22-16-11-12-17(21-2)19-13-16/h11-15H,3-10H2,1-2H3. The lowest BCUT2D eigenvalue weighted by atomic mass is 9.80. The van der Waals surface area contributed by atoms with Crippen LogP contribution in [0.15, 0.2) is 18.3 Å². The van der Waals surface area contributed by atoms with Gasteiger partial charge in [-0.3, -0.25) is 4.79 Å². The number of pyridine rings is 1. The molecule has 1 aliphatic carbocycles. The molecule has 0 amide bonds. The van der Waals surface area contributed by atoms with Crippen molar-refractivity contribution in [2.24, 2.45) is 11.8 Å². The van der Waals surface area contributed by atoms with Crippen molar-refractivity contribution in [2.45, 2.75) is 58.3 Å². The molecule has 0 aliphatic heterocycles. The maximum atomic E-state index is 12.2. The first-order chi connectivity index (χ1) is 10.7. The highest BCUT2D eigenvalue weighted by Gasteiger charge is 2.27. The number of carbonyl (C=O) groups excluding carboxylic acids is 1. The minimum absolute atomic E-state index is 0.0459. The summed E-state index contributed by atoms with van der Waals surface area (Å²) in [5.41, 5.74) is 0. The molecular weight excluding hydrogens is 278 g/mol. The third-order valence-corrected chi connectivity index (χ3v) is 4.53. The van der Waals surface area contributed by atoms with Gasteiger partial charge in [0.15, 0.2) is 0 Å². The third-order valence-electron chi connectivity index (χ3n) is 4.53. The minimum Gasteiger partial charge on any atom is -0.481 e. The zero-order chi connectivity index (χ0) is 15.8. The molecule has 0 unspecified atom stereocenters. The molecule has 1 fully saturated rings. The van der Waals surface area contributed by atoms with Gasteiger partial charge < -0.3 is 9.47 Å². The maximum absolute atomic E-state index is 12.2. The molecule has 4 heteroatoms. The van der Waals surface area contributed by atoms with Crippen molar-refractivity contribution in [1.29, 1.82) is 0 Å². The van der Waals surface area contributed by atoms with Crippen molar-refractivity contribution in [3.05, 3.63) is 18.3 Å². The molecule has 22 heavy (non-hydrogen) atoms. The number of hydrogen-bond donors (Lipinski definition) is 0. The van der Waals surface area contributed by atoms with E-state index in [1.165, 1.54) is 31.9 Å². The Morgan fingerprint density at radius 2 is 2.00 bits per heavy atom. The molecule has 1 saturated carbocycles. The highest BCUT2D eigenvalue weighted by Crippen LogP contribution is 2.33. The van der Waals surface area contributed by atoms with Gasteiger partial charge in [0.25, 0.3) is 0 Å². The second-order valence-corrected chi connectivity index (χ2v) is 6.17. The van der Waals surface area contributed by atoms with Crippen LogP contribution in [0.2, 0.25) is 0 Å². The van der Waals surface area contributed by atoms with Gasteiger partial charge in [0.05, 0.1) is 19.2 Å². The molecule has 0 aromatic carbocycles. The molecule has 0 spiro atoms. The van der Waals surface area contributed by atoms with E-state index in [-0.39, 0.29) is 11.9 Å². The van der Waals surface area contributed by atoms with Gasteiger partial charge in [-0.15, -0.1) is 0 Å². The van der Waals surface area contributed by atoms with Gasteiger partial charge in [-0.25, -0.2) is 4.98 Å². The molecule has 1 heterocycles. The van der Waals surface area contributed by atoms with E-state index in [1.54, 1.807) is 19.2 Å². The number of esters is 1. The minimum atomic E-state index is -0.112. The van der Waals surface area contributed by atoms with Crippen LogP contribution in [-0.4, -0.2) is 18.1 Å². The summed E-state index contributed by atoms with van der Waals surface area (Å²) in [6.07, 6.45) is 11.0. The number of unbranched alkanes of at least 4 members (excludes halogenated alkanes) is 2. The summed E-state index contributed by atoms with van der Waals surface area (Å²) >= 11 is 0. The molecule has 1 aromatic rings. The van der Waals surface area contributed by atoms with Gasteiger partial charge in [-0.05, 0) is 37.7 Å². The smallest absolute Gasteiger partial charge is 0.314 e. The normalized spacial score (nSPS) is 21.4. The number of rotatable bonds is 7. The van der Waals surface area contributed by atoms with Gasteiger partial charge in [-0.2, -0.15) is 0 Å². The van der Waals surface area contributed by atoms with Crippen LogP contribution in [0.25, 0.3) is 0 Å². The molecule has 0 bridgehead atoms. The summed E-state index contributed by atoms with van der Waals surface area (Å²) in [4.78, 5) is 16.3. The van der Waals surface area contributed by atoms with Crippen LogP contribution < -0.4 is 9.47 Å². The first-order valence-corrected chi connectivity index (χ1v) is 8.44. The van der Waals surface area contributed by atoms with E-state index in [4.69, 9.17) is 9.47 Å². The van der Waals surface area contributed by atoms with Gasteiger partial charge in [0.1, 0.15) is 5.75 Å². The van der Waals surface area contributed by atoms with E-state index in [1.807, 2.05) is 0 Å². The molecule has 1 aromatic heterocycles. The van der Waals surface area contributed by atoms with Crippen molar-refractivity contribution < 1.29 is 14.3 Å². The molecule has 2 rings (SSSR count). The van der Waals surface area contributed by atoms with E-state index in [0.717, 1.165) is 31.6 Å². The Hall–Kier alpha value is -1.58. The topological polar surface area (TPSA) is 48.4 Å². The number of hydrogen-bond acceptors (Lipinski definition) is 4. The molecule has 0 N–H and O–H groups in total. The van der Waals surface area contributed by atoms with Gasteiger partial charge in [0.2, 0.25) is 5.88 Å². The van der Waals surface area contributed by atoms with E-state index in [2.05, 4.69) is 11.9 Å². The fourth-order valence-corrected chi connectivity index (χ4v) is 3.12. The van der Waals surface area contributed by atoms with Crippen LogP contribution in [0, 0.1) is 11.8 Å². The van der Waals surface area contributed by atoms with Gasteiger partial charge in [0, 0.05) is 6.07 Å². The Morgan fingerprint density at radius 1 is 1.23 bits per heavy atom. The van der Waals surface area contributed by atoms with Crippen LogP contribution >= 0.6 is 0 Å². The van der Waals surface area contributed by atoms with E-state index >= 15 is 0 Å². The van der Waals surface area contributed by atoms with Crippen molar-refractivity contribution >= 4 is 5.97 Å². The zero-order valence-electron chi connectivity index (χ0n) is 13.7. The monoisotopic (exact) mass is 305 g/mol. The quantitative estimate of drug-likeness (QED) is 0.554. The number of carbonyl (C=O) groups is 1. The highest BCUT2D eigenvalue weighted by molar-refractivity contribution is 5.75. The lowest BCUT2D eigenvalue weighted by molar-refractivity contribution is -0.140. The second-order valence-electron chi connectivity index (χ2n) is 6.17. The van der Waals surface area contributed by atoms with Crippen molar-refractivity contribution in [1.82, 2.24) is 4.98 Å². The number of ether oxygens (including phenoxy) is 2. The Balaban J connectivity index is 1.74. The first kappa shape index (κ1) is 16.8. The molecule has 0 atom stereocenters. The molecule has 4 nitrogen and oxygen atoms in total. The number of nitrogens with zero attached hydrogens (tertiary/aromatic N) is 1. The fraction of sp³-hybridized carbons (Fsp3) is 0.667.